The van der Waals surface area contributed by atoms with Crippen LogP contribution in [0.3, 0.4) is 0 Å². The van der Waals surface area contributed by atoms with Gasteiger partial charge in [0.2, 0.25) is 5.91 Å². The van der Waals surface area contributed by atoms with E-state index in [2.05, 4.69) is 25.8 Å². The summed E-state index contributed by atoms with van der Waals surface area (Å²) < 4.78 is 10.5. The first-order valence-electron chi connectivity index (χ1n) is 9.67. The first-order valence-corrected chi connectivity index (χ1v) is 9.67. The second-order valence-electron chi connectivity index (χ2n) is 6.96. The van der Waals surface area contributed by atoms with Crippen molar-refractivity contribution in [2.45, 2.75) is 31.7 Å². The number of anilines is 1. The molecule has 1 fully saturated rings. The number of nitrogens with zero attached hydrogens (tertiary/aromatic N) is 3. The summed E-state index contributed by atoms with van der Waals surface area (Å²) >= 11 is 0. The predicted molar refractivity (Wildman–Crippen MR) is 108 cm³/mol. The summed E-state index contributed by atoms with van der Waals surface area (Å²) in [5.74, 6) is 2.49. The summed E-state index contributed by atoms with van der Waals surface area (Å²) in [5, 5.41) is 10.2. The van der Waals surface area contributed by atoms with Gasteiger partial charge in [-0.2, -0.15) is 4.98 Å². The minimum Gasteiger partial charge on any atom is -0.497 e. The minimum absolute atomic E-state index is 0.0217. The second kappa shape index (κ2) is 8.72. The third-order valence-electron chi connectivity index (χ3n) is 4.86. The summed E-state index contributed by atoms with van der Waals surface area (Å²) in [4.78, 5) is 20.9. The van der Waals surface area contributed by atoms with Gasteiger partial charge in [0.15, 0.2) is 5.82 Å². The molecule has 1 atom stereocenters. The van der Waals surface area contributed by atoms with Crippen molar-refractivity contribution in [2.75, 3.05) is 19.0 Å². The van der Waals surface area contributed by atoms with Gasteiger partial charge in [0.05, 0.1) is 12.7 Å². The lowest BCUT2D eigenvalue weighted by atomic mass is 10.1. The lowest BCUT2D eigenvalue weighted by Gasteiger charge is -2.15. The van der Waals surface area contributed by atoms with Gasteiger partial charge in [0.1, 0.15) is 17.6 Å². The molecular formula is C21H23N5O3. The lowest BCUT2D eigenvalue weighted by molar-refractivity contribution is -0.121. The van der Waals surface area contributed by atoms with Gasteiger partial charge in [-0.25, -0.2) is 4.98 Å². The molecule has 29 heavy (non-hydrogen) atoms. The Morgan fingerprint density at radius 1 is 1.21 bits per heavy atom. The molecule has 0 aliphatic carbocycles. The van der Waals surface area contributed by atoms with E-state index >= 15 is 0 Å². The third kappa shape index (κ3) is 4.71. The highest BCUT2D eigenvalue weighted by molar-refractivity contribution is 5.84. The van der Waals surface area contributed by atoms with Crippen LogP contribution in [0, 0.1) is 0 Å². The van der Waals surface area contributed by atoms with E-state index in [1.54, 1.807) is 13.3 Å². The molecule has 3 heterocycles. The van der Waals surface area contributed by atoms with Crippen molar-refractivity contribution < 1.29 is 14.1 Å². The van der Waals surface area contributed by atoms with Crippen molar-refractivity contribution in [1.82, 2.24) is 20.4 Å². The predicted octanol–water partition coefficient (Wildman–Crippen LogP) is 2.81. The molecule has 4 rings (SSSR count). The fraction of sp³-hybridized carbons (Fsp3) is 0.333. The molecule has 1 aliphatic heterocycles. The number of hydrogen-bond acceptors (Lipinski definition) is 7. The van der Waals surface area contributed by atoms with Crippen LogP contribution in [0.4, 0.5) is 5.82 Å². The van der Waals surface area contributed by atoms with E-state index in [1.165, 1.54) is 0 Å². The molecule has 1 aromatic carbocycles. The molecule has 8 nitrogen and oxygen atoms in total. The fourth-order valence-electron chi connectivity index (χ4n) is 3.23. The van der Waals surface area contributed by atoms with Gasteiger partial charge in [-0.15, -0.1) is 0 Å². The van der Waals surface area contributed by atoms with Gasteiger partial charge in [0, 0.05) is 19.2 Å². The second-order valence-corrected chi connectivity index (χ2v) is 6.96. The number of carbonyl (C=O) groups is 1. The average molecular weight is 393 g/mol. The molecule has 2 aromatic heterocycles. The zero-order valence-electron chi connectivity index (χ0n) is 16.2. The Morgan fingerprint density at radius 2 is 2.07 bits per heavy atom. The van der Waals surface area contributed by atoms with E-state index in [4.69, 9.17) is 9.26 Å². The van der Waals surface area contributed by atoms with E-state index in [9.17, 15) is 4.79 Å². The molecule has 150 valence electrons. The molecular weight excluding hydrogens is 370 g/mol. The zero-order valence-corrected chi connectivity index (χ0v) is 16.2. The van der Waals surface area contributed by atoms with Crippen LogP contribution in [0.5, 0.6) is 5.75 Å². The maximum Gasteiger partial charge on any atom is 0.259 e. The highest BCUT2D eigenvalue weighted by Gasteiger charge is 2.20. The number of ether oxygens (including phenoxy) is 1. The maximum atomic E-state index is 12.1. The summed E-state index contributed by atoms with van der Waals surface area (Å²) in [6.07, 6.45) is 5.05. The van der Waals surface area contributed by atoms with Gasteiger partial charge >= 0.3 is 0 Å². The number of amides is 1. The topological polar surface area (TPSA) is 102 Å². The average Bonchev–Trinajstić information content (AvgIpc) is 3.12. The number of methoxy groups -OCH3 is 1. The Balaban J connectivity index is 1.40. The van der Waals surface area contributed by atoms with Crippen molar-refractivity contribution in [3.8, 4) is 17.2 Å². The van der Waals surface area contributed by atoms with Crippen LogP contribution < -0.4 is 15.4 Å². The first kappa shape index (κ1) is 18.9. The van der Waals surface area contributed by atoms with Crippen molar-refractivity contribution >= 4 is 11.7 Å². The molecule has 0 unspecified atom stereocenters. The summed E-state index contributed by atoms with van der Waals surface area (Å²) in [5.41, 5.74) is 1.80. The Labute approximate surface area is 168 Å². The fourth-order valence-corrected chi connectivity index (χ4v) is 3.23. The van der Waals surface area contributed by atoms with E-state index in [0.29, 0.717) is 24.0 Å². The lowest BCUT2D eigenvalue weighted by Crippen LogP contribution is -2.38. The SMILES string of the molecule is COc1ccc(Cc2noc(-c3ccc(N[C@H]4CCCCNC4=O)nc3)n2)cc1. The highest BCUT2D eigenvalue weighted by Crippen LogP contribution is 2.20. The Hall–Kier alpha value is -3.42. The molecule has 0 spiro atoms. The number of nitrogens with one attached hydrogen (secondary N) is 2. The normalized spacial score (nSPS) is 16.7. The number of pyridine rings is 1. The third-order valence-corrected chi connectivity index (χ3v) is 4.86. The van der Waals surface area contributed by atoms with Crippen molar-refractivity contribution in [1.29, 1.82) is 0 Å². The first-order chi connectivity index (χ1) is 14.2. The molecule has 1 saturated heterocycles. The standard InChI is InChI=1S/C21H23N5O3/c1-28-16-8-5-14(6-9-16)12-19-25-21(29-26-19)15-7-10-18(23-13-15)24-17-4-2-3-11-22-20(17)27/h5-10,13,17H,2-4,11-12H2,1H3,(H,22,27)(H,23,24)/t17-/m0/s1. The summed E-state index contributed by atoms with van der Waals surface area (Å²) in [6, 6.07) is 11.2. The molecule has 8 heteroatoms. The van der Waals surface area contributed by atoms with Gasteiger partial charge in [-0.3, -0.25) is 4.79 Å². The molecule has 0 radical (unpaired) electrons. The van der Waals surface area contributed by atoms with Crippen LogP contribution in [0.2, 0.25) is 0 Å². The Kier molecular flexibility index (Phi) is 5.69. The quantitative estimate of drug-likeness (QED) is 0.664. The largest absolute Gasteiger partial charge is 0.497 e. The number of hydrogen-bond donors (Lipinski definition) is 2. The van der Waals surface area contributed by atoms with Crippen molar-refractivity contribution in [3.05, 3.63) is 54.0 Å². The maximum absolute atomic E-state index is 12.1. The van der Waals surface area contributed by atoms with E-state index in [1.807, 2.05) is 36.4 Å². The van der Waals surface area contributed by atoms with E-state index in [0.717, 1.165) is 42.7 Å². The monoisotopic (exact) mass is 393 g/mol. The molecule has 0 saturated carbocycles. The smallest absolute Gasteiger partial charge is 0.259 e. The van der Waals surface area contributed by atoms with Crippen molar-refractivity contribution in [3.63, 3.8) is 0 Å². The van der Waals surface area contributed by atoms with Crippen LogP contribution in [0.1, 0.15) is 30.7 Å². The number of aromatic nitrogens is 3. The van der Waals surface area contributed by atoms with Crippen LogP contribution >= 0.6 is 0 Å². The molecule has 1 aliphatic rings. The van der Waals surface area contributed by atoms with E-state index < -0.39 is 0 Å². The Morgan fingerprint density at radius 3 is 2.83 bits per heavy atom. The summed E-state index contributed by atoms with van der Waals surface area (Å²) in [6.45, 7) is 0.736. The Bertz CT molecular complexity index is 953. The minimum atomic E-state index is -0.254. The van der Waals surface area contributed by atoms with E-state index in [-0.39, 0.29) is 11.9 Å². The summed E-state index contributed by atoms with van der Waals surface area (Å²) in [7, 11) is 1.64. The zero-order chi connectivity index (χ0) is 20.1. The molecule has 2 N–H and O–H groups in total. The van der Waals surface area contributed by atoms with Crippen LogP contribution in [0.25, 0.3) is 11.5 Å². The van der Waals surface area contributed by atoms with Crippen LogP contribution in [-0.4, -0.2) is 40.7 Å². The van der Waals surface area contributed by atoms with Crippen LogP contribution in [-0.2, 0) is 11.2 Å². The highest BCUT2D eigenvalue weighted by atomic mass is 16.5. The van der Waals surface area contributed by atoms with Gasteiger partial charge in [-0.1, -0.05) is 17.3 Å². The van der Waals surface area contributed by atoms with Gasteiger partial charge in [0.25, 0.3) is 5.89 Å². The molecule has 0 bridgehead atoms. The van der Waals surface area contributed by atoms with Crippen molar-refractivity contribution in [2.24, 2.45) is 0 Å². The number of benzene rings is 1. The van der Waals surface area contributed by atoms with Gasteiger partial charge < -0.3 is 19.9 Å². The molecule has 1 amide bonds. The molecule has 3 aromatic rings. The van der Waals surface area contributed by atoms with Crippen LogP contribution in [0.15, 0.2) is 47.1 Å². The number of rotatable bonds is 6. The number of carbonyl (C=O) groups excluding carboxylic acids is 1. The van der Waals surface area contributed by atoms with Gasteiger partial charge in [-0.05, 0) is 49.1 Å².